The lowest BCUT2D eigenvalue weighted by Gasteiger charge is -2.16. The summed E-state index contributed by atoms with van der Waals surface area (Å²) in [6.07, 6.45) is 0. The molecule has 0 amide bonds. The zero-order chi connectivity index (χ0) is 25.8. The molecule has 0 aliphatic rings. The van der Waals surface area contributed by atoms with E-state index in [2.05, 4.69) is 50.4 Å². The number of aryl methyl sites for hydroxylation is 1. The number of para-hydroxylation sites is 1. The van der Waals surface area contributed by atoms with Crippen molar-refractivity contribution in [3.05, 3.63) is 123 Å². The van der Waals surface area contributed by atoms with Gasteiger partial charge in [0.25, 0.3) is 0 Å². The SMILES string of the molecule is Cc1nnc(S[C@H](C[N+](=O)[O-])c2ccc(OCc3cccc4ccccc34)c(Br)c2)n1-c1ccccc1. The Kier molecular flexibility index (Phi) is 7.52. The predicted molar refractivity (Wildman–Crippen MR) is 149 cm³/mol. The van der Waals surface area contributed by atoms with Gasteiger partial charge < -0.3 is 4.74 Å². The Labute approximate surface area is 226 Å². The second kappa shape index (κ2) is 11.1. The van der Waals surface area contributed by atoms with Crippen LogP contribution < -0.4 is 4.74 Å². The quantitative estimate of drug-likeness (QED) is 0.105. The van der Waals surface area contributed by atoms with E-state index in [-0.39, 0.29) is 11.5 Å². The summed E-state index contributed by atoms with van der Waals surface area (Å²) in [6.45, 7) is 2.02. The Morgan fingerprint density at radius 1 is 1.00 bits per heavy atom. The van der Waals surface area contributed by atoms with Crippen molar-refractivity contribution in [3.8, 4) is 11.4 Å². The molecule has 0 aliphatic heterocycles. The third-order valence-electron chi connectivity index (χ3n) is 5.96. The summed E-state index contributed by atoms with van der Waals surface area (Å²) >= 11 is 4.93. The summed E-state index contributed by atoms with van der Waals surface area (Å²) in [6, 6.07) is 29.7. The van der Waals surface area contributed by atoms with Crippen LogP contribution in [0.3, 0.4) is 0 Å². The number of nitrogens with zero attached hydrogens (tertiary/aromatic N) is 4. The van der Waals surface area contributed by atoms with Gasteiger partial charge in [-0.25, -0.2) is 0 Å². The highest BCUT2D eigenvalue weighted by molar-refractivity contribution is 9.10. The number of benzene rings is 4. The van der Waals surface area contributed by atoms with Gasteiger partial charge in [0.1, 0.15) is 23.4 Å². The van der Waals surface area contributed by atoms with E-state index in [0.29, 0.717) is 23.3 Å². The van der Waals surface area contributed by atoms with E-state index in [0.717, 1.165) is 32.1 Å². The summed E-state index contributed by atoms with van der Waals surface area (Å²) in [5, 5.41) is 22.5. The lowest BCUT2D eigenvalue weighted by Crippen LogP contribution is -2.11. The van der Waals surface area contributed by atoms with Crippen LogP contribution in [0.15, 0.2) is 101 Å². The molecule has 1 aromatic heterocycles. The van der Waals surface area contributed by atoms with Crippen LogP contribution in [0.2, 0.25) is 0 Å². The molecule has 0 fully saturated rings. The monoisotopic (exact) mass is 574 g/mol. The highest BCUT2D eigenvalue weighted by atomic mass is 79.9. The van der Waals surface area contributed by atoms with E-state index in [4.69, 9.17) is 4.74 Å². The van der Waals surface area contributed by atoms with Crippen LogP contribution in [0.25, 0.3) is 16.5 Å². The minimum atomic E-state index is -0.468. The topological polar surface area (TPSA) is 83.1 Å². The van der Waals surface area contributed by atoms with Crippen LogP contribution in [0.4, 0.5) is 0 Å². The molecule has 9 heteroatoms. The Morgan fingerprint density at radius 3 is 2.54 bits per heavy atom. The van der Waals surface area contributed by atoms with Crippen LogP contribution in [-0.2, 0) is 6.61 Å². The second-order valence-corrected chi connectivity index (χ2v) is 10.5. The third kappa shape index (κ3) is 5.68. The maximum Gasteiger partial charge on any atom is 0.220 e. The molecular formula is C28H23BrN4O3S. The van der Waals surface area contributed by atoms with Crippen molar-refractivity contribution < 1.29 is 9.66 Å². The van der Waals surface area contributed by atoms with Gasteiger partial charge in [0, 0.05) is 10.6 Å². The highest BCUT2D eigenvalue weighted by Gasteiger charge is 2.24. The van der Waals surface area contributed by atoms with Crippen molar-refractivity contribution in [1.29, 1.82) is 0 Å². The molecular weight excluding hydrogens is 552 g/mol. The van der Waals surface area contributed by atoms with Crippen molar-refractivity contribution in [2.24, 2.45) is 0 Å². The number of ether oxygens (including phenoxy) is 1. The standard InChI is InChI=1S/C28H23BrN4O3S/c1-19-30-31-28(33(19)23-11-3-2-4-12-23)37-27(17-32(34)35)21-14-15-26(25(29)16-21)36-18-22-10-7-9-20-8-5-6-13-24(20)22/h2-16,27H,17-18H2,1H3/t27-/m1/s1. The summed E-state index contributed by atoms with van der Waals surface area (Å²) in [5.41, 5.74) is 2.79. The lowest BCUT2D eigenvalue weighted by atomic mass is 10.1. The molecule has 5 aromatic rings. The molecule has 186 valence electrons. The molecule has 5 rings (SSSR count). The fraction of sp³-hybridized carbons (Fsp3) is 0.143. The Balaban J connectivity index is 1.38. The molecule has 1 atom stereocenters. The van der Waals surface area contributed by atoms with Gasteiger partial charge >= 0.3 is 0 Å². The second-order valence-electron chi connectivity index (χ2n) is 8.44. The number of aromatic nitrogens is 3. The first kappa shape index (κ1) is 25.0. The number of hydrogen-bond acceptors (Lipinski definition) is 6. The number of thioether (sulfide) groups is 1. The maximum atomic E-state index is 11.6. The van der Waals surface area contributed by atoms with E-state index >= 15 is 0 Å². The third-order valence-corrected chi connectivity index (χ3v) is 7.76. The molecule has 0 N–H and O–H groups in total. The fourth-order valence-electron chi connectivity index (χ4n) is 4.18. The van der Waals surface area contributed by atoms with Crippen LogP contribution in [0.5, 0.6) is 5.75 Å². The first-order valence-corrected chi connectivity index (χ1v) is 13.3. The van der Waals surface area contributed by atoms with E-state index in [1.807, 2.05) is 78.2 Å². The van der Waals surface area contributed by atoms with Crippen molar-refractivity contribution >= 4 is 38.5 Å². The Hall–Kier alpha value is -3.69. The normalized spacial score (nSPS) is 11.9. The molecule has 0 spiro atoms. The van der Waals surface area contributed by atoms with Crippen molar-refractivity contribution in [3.63, 3.8) is 0 Å². The average Bonchev–Trinajstić information content (AvgIpc) is 3.27. The molecule has 7 nitrogen and oxygen atoms in total. The van der Waals surface area contributed by atoms with Crippen LogP contribution in [-0.4, -0.2) is 26.2 Å². The molecule has 0 saturated carbocycles. The minimum Gasteiger partial charge on any atom is -0.488 e. The molecule has 37 heavy (non-hydrogen) atoms. The molecule has 0 aliphatic carbocycles. The predicted octanol–water partition coefficient (Wildman–Crippen LogP) is 7.18. The number of rotatable bonds is 9. The molecule has 0 unspecified atom stereocenters. The fourth-order valence-corrected chi connectivity index (χ4v) is 5.85. The van der Waals surface area contributed by atoms with Gasteiger partial charge in [-0.05, 0) is 69.0 Å². The highest BCUT2D eigenvalue weighted by Crippen LogP contribution is 2.39. The van der Waals surface area contributed by atoms with Gasteiger partial charge in [-0.1, -0.05) is 78.5 Å². The Morgan fingerprint density at radius 2 is 1.76 bits per heavy atom. The first-order valence-electron chi connectivity index (χ1n) is 11.6. The number of fused-ring (bicyclic) bond motifs is 1. The van der Waals surface area contributed by atoms with Gasteiger partial charge in [0.05, 0.1) is 4.47 Å². The molecule has 0 radical (unpaired) electrons. The van der Waals surface area contributed by atoms with Gasteiger partial charge in [0.15, 0.2) is 5.16 Å². The molecule has 0 bridgehead atoms. The smallest absolute Gasteiger partial charge is 0.220 e. The van der Waals surface area contributed by atoms with E-state index in [1.54, 1.807) is 0 Å². The number of nitro groups is 1. The van der Waals surface area contributed by atoms with E-state index in [9.17, 15) is 10.1 Å². The van der Waals surface area contributed by atoms with Crippen LogP contribution in [0, 0.1) is 17.0 Å². The van der Waals surface area contributed by atoms with Gasteiger partial charge in [-0.15, -0.1) is 10.2 Å². The average molecular weight is 575 g/mol. The van der Waals surface area contributed by atoms with Crippen molar-refractivity contribution in [2.45, 2.75) is 23.9 Å². The lowest BCUT2D eigenvalue weighted by molar-refractivity contribution is -0.479. The molecule has 4 aromatic carbocycles. The van der Waals surface area contributed by atoms with Gasteiger partial charge in [0.2, 0.25) is 6.54 Å². The first-order chi connectivity index (χ1) is 18.0. The van der Waals surface area contributed by atoms with Gasteiger partial charge in [-0.2, -0.15) is 0 Å². The van der Waals surface area contributed by atoms with E-state index < -0.39 is 5.25 Å². The maximum absolute atomic E-state index is 11.6. The van der Waals surface area contributed by atoms with E-state index in [1.165, 1.54) is 11.8 Å². The number of hydrogen-bond donors (Lipinski definition) is 0. The van der Waals surface area contributed by atoms with Crippen LogP contribution >= 0.6 is 27.7 Å². The summed E-state index contributed by atoms with van der Waals surface area (Å²) in [7, 11) is 0. The zero-order valence-electron chi connectivity index (χ0n) is 20.0. The summed E-state index contributed by atoms with van der Waals surface area (Å²) in [5.74, 6) is 1.39. The summed E-state index contributed by atoms with van der Waals surface area (Å²) in [4.78, 5) is 11.3. The molecule has 1 heterocycles. The number of halogens is 1. The molecule has 0 saturated heterocycles. The van der Waals surface area contributed by atoms with Crippen LogP contribution in [0.1, 0.15) is 22.2 Å². The van der Waals surface area contributed by atoms with Gasteiger partial charge in [-0.3, -0.25) is 14.7 Å². The summed E-state index contributed by atoms with van der Waals surface area (Å²) < 4.78 is 8.78. The Bertz CT molecular complexity index is 1550. The minimum absolute atomic E-state index is 0.256. The largest absolute Gasteiger partial charge is 0.488 e. The zero-order valence-corrected chi connectivity index (χ0v) is 22.4. The van der Waals surface area contributed by atoms with Crippen molar-refractivity contribution in [2.75, 3.05) is 6.54 Å². The van der Waals surface area contributed by atoms with Crippen molar-refractivity contribution in [1.82, 2.24) is 14.8 Å².